The molecule has 15 heteroatoms. The summed E-state index contributed by atoms with van der Waals surface area (Å²) in [4.78, 5) is 8.90. The van der Waals surface area contributed by atoms with E-state index in [4.69, 9.17) is 9.90 Å². The van der Waals surface area contributed by atoms with Crippen LogP contribution >= 0.6 is 0 Å². The lowest BCUT2D eigenvalue weighted by Gasteiger charge is -2.38. The van der Waals surface area contributed by atoms with Crippen molar-refractivity contribution in [2.75, 3.05) is 13.1 Å². The van der Waals surface area contributed by atoms with Crippen molar-refractivity contribution in [2.24, 2.45) is 0 Å². The Bertz CT molecular complexity index is 796. The van der Waals surface area contributed by atoms with Crippen LogP contribution < -0.4 is 9.50 Å². The zero-order valence-electron chi connectivity index (χ0n) is 12.6. The van der Waals surface area contributed by atoms with Gasteiger partial charge >= 0.3 is 27.8 Å². The van der Waals surface area contributed by atoms with Gasteiger partial charge in [-0.2, -0.15) is 34.8 Å². The number of rotatable bonds is 2. The predicted octanol–water partition coefficient (Wildman–Crippen LogP) is 0.989. The highest BCUT2D eigenvalue weighted by Gasteiger charge is 2.50. The number of aliphatic carboxylic acids is 1. The molecule has 3 rings (SSSR count). The lowest BCUT2D eigenvalue weighted by Crippen LogP contribution is -2.55. The standard InChI is InChI=1S/C9H10F3N3O3S.C2HF3O2/c10-9(11,12)19(16,17)18-7-3-6-8(4-13-5-8)1-2-15(6)14-7;3-2(4,5)1(6)7/h3,13H,1-2,4-5H2;(H,6,7). The maximum atomic E-state index is 12.2. The SMILES string of the molecule is O=C(O)C(F)(F)F.O=S(=O)(Oc1cc2n(n1)CCC21CNC1)C(F)(F)F. The molecule has 8 nitrogen and oxygen atoms in total. The summed E-state index contributed by atoms with van der Waals surface area (Å²) in [7, 11) is -5.66. The van der Waals surface area contributed by atoms with E-state index in [2.05, 4.69) is 14.6 Å². The van der Waals surface area contributed by atoms with Crippen molar-refractivity contribution in [1.82, 2.24) is 15.1 Å². The lowest BCUT2D eigenvalue weighted by molar-refractivity contribution is -0.192. The fourth-order valence-corrected chi connectivity index (χ4v) is 2.82. The molecule has 1 fully saturated rings. The van der Waals surface area contributed by atoms with Crippen LogP contribution in [0.25, 0.3) is 0 Å². The third-order valence-corrected chi connectivity index (χ3v) is 4.71. The Balaban J connectivity index is 0.000000298. The van der Waals surface area contributed by atoms with Crippen LogP contribution in [0.4, 0.5) is 26.3 Å². The van der Waals surface area contributed by atoms with Crippen molar-refractivity contribution in [3.63, 3.8) is 0 Å². The van der Waals surface area contributed by atoms with Crippen LogP contribution in [0.5, 0.6) is 5.88 Å². The number of halogens is 6. The van der Waals surface area contributed by atoms with Gasteiger partial charge in [-0.25, -0.2) is 4.79 Å². The Morgan fingerprint density at radius 3 is 2.19 bits per heavy atom. The average Bonchev–Trinajstić information content (AvgIpc) is 2.92. The highest BCUT2D eigenvalue weighted by atomic mass is 32.2. The molecule has 0 bridgehead atoms. The summed E-state index contributed by atoms with van der Waals surface area (Å²) < 4.78 is 95.6. The van der Waals surface area contributed by atoms with Crippen LogP contribution in [0.1, 0.15) is 12.1 Å². The van der Waals surface area contributed by atoms with Crippen molar-refractivity contribution in [3.8, 4) is 5.88 Å². The zero-order chi connectivity index (χ0) is 20.0. The normalized spacial score (nSPS) is 18.5. The fourth-order valence-electron chi connectivity index (χ4n) is 2.42. The lowest BCUT2D eigenvalue weighted by atomic mass is 9.78. The molecule has 1 spiro atoms. The number of nitrogens with zero attached hydrogens (tertiary/aromatic N) is 2. The van der Waals surface area contributed by atoms with E-state index in [0.717, 1.165) is 12.1 Å². The quantitative estimate of drug-likeness (QED) is 0.424. The van der Waals surface area contributed by atoms with Crippen LogP contribution in [0, 0.1) is 0 Å². The van der Waals surface area contributed by atoms with E-state index >= 15 is 0 Å². The maximum Gasteiger partial charge on any atom is 0.534 e. The molecule has 0 atom stereocenters. The molecule has 2 aliphatic heterocycles. The number of nitrogens with one attached hydrogen (secondary N) is 1. The minimum absolute atomic E-state index is 0.142. The number of carbonyl (C=O) groups is 1. The molecular formula is C11H11F6N3O5S. The number of hydrogen-bond acceptors (Lipinski definition) is 6. The number of fused-ring (bicyclic) bond motifs is 2. The van der Waals surface area contributed by atoms with Crippen molar-refractivity contribution in [2.45, 2.75) is 30.1 Å². The number of hydrogen-bond donors (Lipinski definition) is 2. The van der Waals surface area contributed by atoms with Crippen molar-refractivity contribution < 1.29 is 48.8 Å². The van der Waals surface area contributed by atoms with Gasteiger partial charge in [-0.15, -0.1) is 5.10 Å². The Labute approximate surface area is 141 Å². The van der Waals surface area contributed by atoms with Gasteiger partial charge in [0.25, 0.3) is 5.88 Å². The maximum absolute atomic E-state index is 12.2. The van der Waals surface area contributed by atoms with Gasteiger partial charge in [0.2, 0.25) is 0 Å². The summed E-state index contributed by atoms with van der Waals surface area (Å²) in [6.45, 7) is 1.97. The minimum atomic E-state index is -5.66. The van der Waals surface area contributed by atoms with E-state index in [0.29, 0.717) is 19.6 Å². The smallest absolute Gasteiger partial charge is 0.475 e. The number of aromatic nitrogens is 2. The monoisotopic (exact) mass is 411 g/mol. The third-order valence-electron chi connectivity index (χ3n) is 3.75. The Morgan fingerprint density at radius 1 is 1.27 bits per heavy atom. The summed E-state index contributed by atoms with van der Waals surface area (Å²) in [6, 6.07) is 1.27. The second-order valence-electron chi connectivity index (χ2n) is 5.51. The summed E-state index contributed by atoms with van der Waals surface area (Å²) in [5.41, 5.74) is -4.87. The van der Waals surface area contributed by atoms with Gasteiger partial charge in [-0.3, -0.25) is 4.68 Å². The van der Waals surface area contributed by atoms with E-state index in [1.54, 1.807) is 0 Å². The van der Waals surface area contributed by atoms with E-state index < -0.39 is 33.7 Å². The Kier molecular flexibility index (Phi) is 4.91. The van der Waals surface area contributed by atoms with Crippen LogP contribution in [0.2, 0.25) is 0 Å². The molecule has 1 saturated heterocycles. The van der Waals surface area contributed by atoms with Crippen LogP contribution in [-0.4, -0.2) is 54.0 Å². The second-order valence-corrected chi connectivity index (χ2v) is 7.05. The van der Waals surface area contributed by atoms with E-state index in [1.807, 2.05) is 0 Å². The highest BCUT2D eigenvalue weighted by molar-refractivity contribution is 7.87. The molecular weight excluding hydrogens is 400 g/mol. The first-order valence-corrected chi connectivity index (χ1v) is 8.19. The predicted molar refractivity (Wildman–Crippen MR) is 70.7 cm³/mol. The van der Waals surface area contributed by atoms with Crippen molar-refractivity contribution in [1.29, 1.82) is 0 Å². The molecule has 0 aromatic carbocycles. The van der Waals surface area contributed by atoms with E-state index in [1.165, 1.54) is 10.7 Å². The minimum Gasteiger partial charge on any atom is -0.475 e. The molecule has 0 unspecified atom stereocenters. The molecule has 1 aromatic rings. The molecule has 0 radical (unpaired) electrons. The zero-order valence-corrected chi connectivity index (χ0v) is 13.4. The van der Waals surface area contributed by atoms with Crippen LogP contribution in [-0.2, 0) is 26.9 Å². The molecule has 0 aliphatic carbocycles. The van der Waals surface area contributed by atoms with Gasteiger partial charge in [0, 0.05) is 31.1 Å². The molecule has 0 amide bonds. The van der Waals surface area contributed by atoms with Gasteiger partial charge in [-0.1, -0.05) is 0 Å². The van der Waals surface area contributed by atoms with Gasteiger partial charge in [0.15, 0.2) is 0 Å². The van der Waals surface area contributed by atoms with Crippen molar-refractivity contribution >= 4 is 16.1 Å². The van der Waals surface area contributed by atoms with Gasteiger partial charge < -0.3 is 14.6 Å². The molecule has 148 valence electrons. The first kappa shape index (κ1) is 20.3. The largest absolute Gasteiger partial charge is 0.534 e. The second kappa shape index (κ2) is 6.29. The fraction of sp³-hybridized carbons (Fsp3) is 0.636. The Morgan fingerprint density at radius 2 is 1.81 bits per heavy atom. The van der Waals surface area contributed by atoms with Crippen LogP contribution in [0.3, 0.4) is 0 Å². The van der Waals surface area contributed by atoms with E-state index in [9.17, 15) is 34.8 Å². The number of alkyl halides is 6. The summed E-state index contributed by atoms with van der Waals surface area (Å²) >= 11 is 0. The molecule has 0 saturated carbocycles. The first-order chi connectivity index (χ1) is 11.7. The molecule has 2 aliphatic rings. The number of carboxylic acids is 1. The van der Waals surface area contributed by atoms with E-state index in [-0.39, 0.29) is 5.41 Å². The first-order valence-electron chi connectivity index (χ1n) is 6.78. The average molecular weight is 411 g/mol. The van der Waals surface area contributed by atoms with Crippen LogP contribution in [0.15, 0.2) is 6.07 Å². The summed E-state index contributed by atoms with van der Waals surface area (Å²) in [6.07, 6.45) is -4.24. The topological polar surface area (TPSA) is 111 Å². The van der Waals surface area contributed by atoms with Gasteiger partial charge in [-0.05, 0) is 6.42 Å². The highest BCUT2D eigenvalue weighted by Crippen LogP contribution is 2.40. The Hall–Kier alpha value is -2.03. The molecule has 1 aromatic heterocycles. The van der Waals surface area contributed by atoms with Gasteiger partial charge in [0.1, 0.15) is 0 Å². The summed E-state index contributed by atoms with van der Waals surface area (Å²) in [5, 5.41) is 14.0. The number of carboxylic acid groups (broad SMARTS) is 1. The molecule has 2 N–H and O–H groups in total. The van der Waals surface area contributed by atoms with Crippen molar-refractivity contribution in [3.05, 3.63) is 11.8 Å². The molecule has 26 heavy (non-hydrogen) atoms. The number of aryl methyl sites for hydroxylation is 1. The third kappa shape index (κ3) is 3.87. The van der Waals surface area contributed by atoms with Gasteiger partial charge in [0.05, 0.1) is 5.69 Å². The molecule has 3 heterocycles. The summed E-state index contributed by atoms with van der Waals surface area (Å²) in [5.74, 6) is -3.29.